The zero-order valence-corrected chi connectivity index (χ0v) is 11.7. The van der Waals surface area contributed by atoms with Crippen LogP contribution in [0.1, 0.15) is 19.4 Å². The largest absolute Gasteiger partial charge is 0.398 e. The lowest BCUT2D eigenvalue weighted by Gasteiger charge is -2.25. The Bertz CT molecular complexity index is 591. The summed E-state index contributed by atoms with van der Waals surface area (Å²) in [5.74, 6) is 0. The number of aliphatic hydroxyl groups excluding tert-OH is 1. The van der Waals surface area contributed by atoms with Crippen LogP contribution in [0.25, 0.3) is 0 Å². The van der Waals surface area contributed by atoms with Crippen molar-refractivity contribution in [1.82, 2.24) is 4.31 Å². The molecule has 0 bridgehead atoms. The minimum absolute atomic E-state index is 0.000554. The van der Waals surface area contributed by atoms with Crippen molar-refractivity contribution in [1.29, 1.82) is 5.26 Å². The summed E-state index contributed by atoms with van der Waals surface area (Å²) in [5.41, 5.74) is 6.03. The number of anilines is 1. The summed E-state index contributed by atoms with van der Waals surface area (Å²) in [6, 6.07) is 5.64. The van der Waals surface area contributed by atoms with Crippen LogP contribution in [-0.4, -0.2) is 37.0 Å². The zero-order valence-electron chi connectivity index (χ0n) is 10.9. The number of nitrogens with two attached hydrogens (primary N) is 1. The third kappa shape index (κ3) is 3.23. The lowest BCUT2D eigenvalue weighted by atomic mass is 10.2. The molecule has 1 rings (SSSR count). The number of nitrogens with zero attached hydrogens (tertiary/aromatic N) is 2. The number of rotatable bonds is 5. The second-order valence-corrected chi connectivity index (χ2v) is 6.16. The molecule has 0 aliphatic rings. The maximum Gasteiger partial charge on any atom is 0.245 e. The monoisotopic (exact) mass is 283 g/mol. The molecule has 0 heterocycles. The molecule has 0 unspecified atom stereocenters. The third-order valence-corrected chi connectivity index (χ3v) is 4.77. The number of aliphatic hydroxyl groups is 1. The Morgan fingerprint density at radius 2 is 2.11 bits per heavy atom. The van der Waals surface area contributed by atoms with Crippen molar-refractivity contribution in [2.24, 2.45) is 0 Å². The van der Waals surface area contributed by atoms with Crippen LogP contribution in [0.2, 0.25) is 0 Å². The summed E-state index contributed by atoms with van der Waals surface area (Å²) in [5, 5.41) is 17.7. The van der Waals surface area contributed by atoms with Gasteiger partial charge >= 0.3 is 0 Å². The molecule has 0 saturated carbocycles. The SMILES string of the molecule is CC(C)N(CCO)S(=O)(=O)c1ccc(C#N)cc1N. The van der Waals surface area contributed by atoms with E-state index in [0.717, 1.165) is 0 Å². The van der Waals surface area contributed by atoms with Gasteiger partial charge in [-0.05, 0) is 32.0 Å². The summed E-state index contributed by atoms with van der Waals surface area (Å²) in [4.78, 5) is -0.0475. The summed E-state index contributed by atoms with van der Waals surface area (Å²) >= 11 is 0. The van der Waals surface area contributed by atoms with Crippen molar-refractivity contribution < 1.29 is 13.5 Å². The highest BCUT2D eigenvalue weighted by Gasteiger charge is 2.28. The van der Waals surface area contributed by atoms with Crippen LogP contribution in [-0.2, 0) is 10.0 Å². The molecule has 0 aromatic heterocycles. The third-order valence-electron chi connectivity index (χ3n) is 2.62. The highest BCUT2D eigenvalue weighted by atomic mass is 32.2. The maximum absolute atomic E-state index is 12.4. The number of hydrogen-bond donors (Lipinski definition) is 2. The average Bonchev–Trinajstić information content (AvgIpc) is 2.34. The standard InChI is InChI=1S/C12H17N3O3S/c1-9(2)15(5-6-16)19(17,18)12-4-3-10(8-13)7-11(12)14/h3-4,7,9,16H,5-6,14H2,1-2H3. The van der Waals surface area contributed by atoms with E-state index < -0.39 is 10.0 Å². The van der Waals surface area contributed by atoms with Gasteiger partial charge in [-0.15, -0.1) is 0 Å². The van der Waals surface area contributed by atoms with Crippen molar-refractivity contribution in [3.63, 3.8) is 0 Å². The van der Waals surface area contributed by atoms with Crippen LogP contribution in [0.15, 0.2) is 23.1 Å². The molecule has 3 N–H and O–H groups in total. The first-order chi connectivity index (χ1) is 8.84. The van der Waals surface area contributed by atoms with Gasteiger partial charge in [0, 0.05) is 12.6 Å². The van der Waals surface area contributed by atoms with E-state index in [-0.39, 0.29) is 29.8 Å². The Hall–Kier alpha value is -1.62. The smallest absolute Gasteiger partial charge is 0.245 e. The van der Waals surface area contributed by atoms with Crippen molar-refractivity contribution in [2.75, 3.05) is 18.9 Å². The van der Waals surface area contributed by atoms with E-state index in [4.69, 9.17) is 16.1 Å². The van der Waals surface area contributed by atoms with E-state index in [2.05, 4.69) is 0 Å². The molecule has 7 heteroatoms. The molecule has 1 aromatic rings. The molecule has 104 valence electrons. The molecule has 0 radical (unpaired) electrons. The first kappa shape index (κ1) is 15.4. The fraction of sp³-hybridized carbons (Fsp3) is 0.417. The van der Waals surface area contributed by atoms with E-state index >= 15 is 0 Å². The van der Waals surface area contributed by atoms with Crippen LogP contribution in [0, 0.1) is 11.3 Å². The first-order valence-electron chi connectivity index (χ1n) is 5.77. The van der Waals surface area contributed by atoms with E-state index in [0.29, 0.717) is 5.56 Å². The number of sulfonamides is 1. The lowest BCUT2D eigenvalue weighted by Crippen LogP contribution is -2.39. The number of benzene rings is 1. The van der Waals surface area contributed by atoms with Crippen LogP contribution in [0.5, 0.6) is 0 Å². The molecule has 0 atom stereocenters. The molecule has 0 saturated heterocycles. The number of nitriles is 1. The van der Waals surface area contributed by atoms with Crippen molar-refractivity contribution in [2.45, 2.75) is 24.8 Å². The van der Waals surface area contributed by atoms with Gasteiger partial charge in [-0.1, -0.05) is 0 Å². The van der Waals surface area contributed by atoms with Crippen LogP contribution in [0.3, 0.4) is 0 Å². The van der Waals surface area contributed by atoms with E-state index in [1.165, 1.54) is 22.5 Å². The summed E-state index contributed by atoms with van der Waals surface area (Å²) in [6.45, 7) is 3.16. The van der Waals surface area contributed by atoms with Gasteiger partial charge in [-0.3, -0.25) is 0 Å². The number of nitrogen functional groups attached to an aromatic ring is 1. The van der Waals surface area contributed by atoms with E-state index in [1.54, 1.807) is 13.8 Å². The van der Waals surface area contributed by atoms with Gasteiger partial charge in [0.25, 0.3) is 0 Å². The van der Waals surface area contributed by atoms with E-state index in [1.807, 2.05) is 6.07 Å². The highest BCUT2D eigenvalue weighted by Crippen LogP contribution is 2.24. The Kier molecular flexibility index (Phi) is 4.89. The minimum Gasteiger partial charge on any atom is -0.398 e. The van der Waals surface area contributed by atoms with Gasteiger partial charge in [0.2, 0.25) is 10.0 Å². The van der Waals surface area contributed by atoms with Crippen LogP contribution in [0.4, 0.5) is 5.69 Å². The topological polar surface area (TPSA) is 107 Å². The van der Waals surface area contributed by atoms with Gasteiger partial charge in [0.15, 0.2) is 0 Å². The van der Waals surface area contributed by atoms with Gasteiger partial charge in [-0.2, -0.15) is 9.57 Å². The summed E-state index contributed by atoms with van der Waals surface area (Å²) in [6.07, 6.45) is 0. The molecule has 0 aliphatic carbocycles. The molecule has 0 aliphatic heterocycles. The Labute approximate surface area is 113 Å². The molecular weight excluding hydrogens is 266 g/mol. The predicted octanol–water partition coefficient (Wildman–Crippen LogP) is 0.532. The lowest BCUT2D eigenvalue weighted by molar-refractivity contribution is 0.236. The van der Waals surface area contributed by atoms with Crippen LogP contribution >= 0.6 is 0 Å². The molecule has 0 spiro atoms. The fourth-order valence-corrected chi connectivity index (χ4v) is 3.46. The van der Waals surface area contributed by atoms with Crippen molar-refractivity contribution in [3.05, 3.63) is 23.8 Å². The molecule has 0 amide bonds. The first-order valence-corrected chi connectivity index (χ1v) is 7.21. The van der Waals surface area contributed by atoms with Gasteiger partial charge in [0.05, 0.1) is 23.9 Å². The quantitative estimate of drug-likeness (QED) is 0.766. The average molecular weight is 283 g/mol. The Morgan fingerprint density at radius 1 is 1.47 bits per heavy atom. The van der Waals surface area contributed by atoms with E-state index in [9.17, 15) is 8.42 Å². The van der Waals surface area contributed by atoms with Crippen LogP contribution < -0.4 is 5.73 Å². The minimum atomic E-state index is -3.78. The normalized spacial score (nSPS) is 11.8. The zero-order chi connectivity index (χ0) is 14.6. The van der Waals surface area contributed by atoms with Crippen molar-refractivity contribution in [3.8, 4) is 6.07 Å². The maximum atomic E-state index is 12.4. The van der Waals surface area contributed by atoms with Crippen molar-refractivity contribution >= 4 is 15.7 Å². The van der Waals surface area contributed by atoms with Gasteiger partial charge in [-0.25, -0.2) is 8.42 Å². The predicted molar refractivity (Wildman–Crippen MR) is 71.7 cm³/mol. The summed E-state index contributed by atoms with van der Waals surface area (Å²) in [7, 11) is -3.78. The second kappa shape index (κ2) is 6.02. The summed E-state index contributed by atoms with van der Waals surface area (Å²) < 4.78 is 26.0. The second-order valence-electron chi connectivity index (χ2n) is 4.30. The molecular formula is C12H17N3O3S. The molecule has 0 fully saturated rings. The van der Waals surface area contributed by atoms with Gasteiger partial charge in [0.1, 0.15) is 4.90 Å². The Balaban J connectivity index is 3.30. The Morgan fingerprint density at radius 3 is 2.53 bits per heavy atom. The number of hydrogen-bond acceptors (Lipinski definition) is 5. The molecule has 19 heavy (non-hydrogen) atoms. The fourth-order valence-electron chi connectivity index (χ4n) is 1.73. The highest BCUT2D eigenvalue weighted by molar-refractivity contribution is 7.89. The molecule has 6 nitrogen and oxygen atoms in total. The van der Waals surface area contributed by atoms with Gasteiger partial charge < -0.3 is 10.8 Å². The molecule has 1 aromatic carbocycles.